The van der Waals surface area contributed by atoms with Gasteiger partial charge in [-0.25, -0.2) is 0 Å². The van der Waals surface area contributed by atoms with Gasteiger partial charge in [-0.3, -0.25) is 9.58 Å². The van der Waals surface area contributed by atoms with Crippen LogP contribution in [0.25, 0.3) is 0 Å². The standard InChI is InChI=1S/C15H28N4/c1-10-7-18(9-14(10)16)8-13-11(2)17-19(12(13)3)15(4,5)6/h10,14H,7-9,16H2,1-6H3. The van der Waals surface area contributed by atoms with E-state index in [1.165, 1.54) is 11.3 Å². The Labute approximate surface area is 117 Å². The monoisotopic (exact) mass is 264 g/mol. The third-order valence-electron chi connectivity index (χ3n) is 4.20. The average Bonchev–Trinajstić information content (AvgIpc) is 2.73. The second kappa shape index (κ2) is 4.91. The van der Waals surface area contributed by atoms with Crippen LogP contribution in [0.1, 0.15) is 44.6 Å². The van der Waals surface area contributed by atoms with Gasteiger partial charge in [0.25, 0.3) is 0 Å². The minimum atomic E-state index is 0.0434. The summed E-state index contributed by atoms with van der Waals surface area (Å²) in [5.74, 6) is 0.596. The molecule has 0 radical (unpaired) electrons. The van der Waals surface area contributed by atoms with Crippen LogP contribution in [-0.2, 0) is 12.1 Å². The van der Waals surface area contributed by atoms with Gasteiger partial charge in [-0.15, -0.1) is 0 Å². The number of likely N-dealkylation sites (tertiary alicyclic amines) is 1. The fourth-order valence-electron chi connectivity index (χ4n) is 3.00. The topological polar surface area (TPSA) is 47.1 Å². The molecule has 0 amide bonds. The molecule has 0 bridgehead atoms. The van der Waals surface area contributed by atoms with Crippen LogP contribution in [0, 0.1) is 19.8 Å². The molecule has 0 aromatic carbocycles. The second-order valence-corrected chi connectivity index (χ2v) is 7.07. The van der Waals surface area contributed by atoms with E-state index in [2.05, 4.69) is 51.1 Å². The van der Waals surface area contributed by atoms with Gasteiger partial charge in [0.2, 0.25) is 0 Å². The van der Waals surface area contributed by atoms with Gasteiger partial charge in [0.05, 0.1) is 11.2 Å². The van der Waals surface area contributed by atoms with Crippen molar-refractivity contribution in [2.24, 2.45) is 11.7 Å². The van der Waals surface area contributed by atoms with Gasteiger partial charge >= 0.3 is 0 Å². The lowest BCUT2D eigenvalue weighted by Crippen LogP contribution is -2.28. The molecule has 0 saturated carbocycles. The number of rotatable bonds is 2. The van der Waals surface area contributed by atoms with Crippen molar-refractivity contribution < 1.29 is 0 Å². The molecular weight excluding hydrogens is 236 g/mol. The lowest BCUT2D eigenvalue weighted by Gasteiger charge is -2.22. The first kappa shape index (κ1) is 14.5. The van der Waals surface area contributed by atoms with Crippen molar-refractivity contribution >= 4 is 0 Å². The van der Waals surface area contributed by atoms with Crippen LogP contribution < -0.4 is 5.73 Å². The van der Waals surface area contributed by atoms with Crippen molar-refractivity contribution in [3.63, 3.8) is 0 Å². The maximum absolute atomic E-state index is 6.11. The fraction of sp³-hybridized carbons (Fsp3) is 0.800. The Morgan fingerprint density at radius 2 is 1.89 bits per heavy atom. The molecule has 1 aromatic heterocycles. The van der Waals surface area contributed by atoms with Crippen LogP contribution in [0.3, 0.4) is 0 Å². The van der Waals surface area contributed by atoms with Crippen molar-refractivity contribution in [3.8, 4) is 0 Å². The zero-order valence-electron chi connectivity index (χ0n) is 13.2. The molecule has 2 heterocycles. The molecule has 2 N–H and O–H groups in total. The average molecular weight is 264 g/mol. The summed E-state index contributed by atoms with van der Waals surface area (Å²) >= 11 is 0. The van der Waals surface area contributed by atoms with Gasteiger partial charge in [-0.2, -0.15) is 5.10 Å². The number of aromatic nitrogens is 2. The zero-order chi connectivity index (χ0) is 14.4. The molecule has 1 fully saturated rings. The van der Waals surface area contributed by atoms with Crippen LogP contribution in [0.4, 0.5) is 0 Å². The number of aryl methyl sites for hydroxylation is 1. The summed E-state index contributed by atoms with van der Waals surface area (Å²) in [7, 11) is 0. The van der Waals surface area contributed by atoms with Crippen LogP contribution in [-0.4, -0.2) is 33.8 Å². The second-order valence-electron chi connectivity index (χ2n) is 7.07. The summed E-state index contributed by atoms with van der Waals surface area (Å²) in [5.41, 5.74) is 9.97. The van der Waals surface area contributed by atoms with Crippen molar-refractivity contribution in [2.45, 2.75) is 59.7 Å². The van der Waals surface area contributed by atoms with Gasteiger partial charge in [0.15, 0.2) is 0 Å². The van der Waals surface area contributed by atoms with Gasteiger partial charge < -0.3 is 5.73 Å². The van der Waals surface area contributed by atoms with Gasteiger partial charge in [-0.05, 0) is 40.5 Å². The van der Waals surface area contributed by atoms with Crippen LogP contribution in [0.15, 0.2) is 0 Å². The Morgan fingerprint density at radius 1 is 1.26 bits per heavy atom. The quantitative estimate of drug-likeness (QED) is 0.889. The smallest absolute Gasteiger partial charge is 0.0641 e. The van der Waals surface area contributed by atoms with E-state index in [1.54, 1.807) is 0 Å². The Morgan fingerprint density at radius 3 is 2.32 bits per heavy atom. The SMILES string of the molecule is Cc1nn(C(C)(C)C)c(C)c1CN1CC(C)C(N)C1. The number of hydrogen-bond acceptors (Lipinski definition) is 3. The molecule has 4 nitrogen and oxygen atoms in total. The zero-order valence-corrected chi connectivity index (χ0v) is 13.2. The highest BCUT2D eigenvalue weighted by atomic mass is 15.3. The summed E-state index contributed by atoms with van der Waals surface area (Å²) in [6, 6.07) is 0.318. The normalized spacial score (nSPS) is 25.2. The first-order valence-electron chi connectivity index (χ1n) is 7.23. The van der Waals surface area contributed by atoms with E-state index in [4.69, 9.17) is 10.8 Å². The summed E-state index contributed by atoms with van der Waals surface area (Å²) < 4.78 is 2.15. The maximum Gasteiger partial charge on any atom is 0.0641 e. The molecule has 1 saturated heterocycles. The highest BCUT2D eigenvalue weighted by Gasteiger charge is 2.28. The van der Waals surface area contributed by atoms with Crippen molar-refractivity contribution in [3.05, 3.63) is 17.0 Å². The van der Waals surface area contributed by atoms with E-state index in [1.807, 2.05) is 0 Å². The molecule has 2 unspecified atom stereocenters. The first-order chi connectivity index (χ1) is 8.70. The Bertz CT molecular complexity index is 445. The summed E-state index contributed by atoms with van der Waals surface area (Å²) in [6.45, 7) is 16.2. The lowest BCUT2D eigenvalue weighted by atomic mass is 10.1. The third kappa shape index (κ3) is 2.84. The fourth-order valence-corrected chi connectivity index (χ4v) is 3.00. The summed E-state index contributed by atoms with van der Waals surface area (Å²) in [4.78, 5) is 2.46. The molecule has 2 atom stereocenters. The van der Waals surface area contributed by atoms with Crippen molar-refractivity contribution in [1.29, 1.82) is 0 Å². The first-order valence-corrected chi connectivity index (χ1v) is 7.23. The molecule has 108 valence electrons. The molecule has 2 rings (SSSR count). The van der Waals surface area contributed by atoms with E-state index in [9.17, 15) is 0 Å². The maximum atomic E-state index is 6.11. The summed E-state index contributed by atoms with van der Waals surface area (Å²) in [5, 5.41) is 4.72. The molecule has 19 heavy (non-hydrogen) atoms. The molecule has 0 aliphatic carbocycles. The number of hydrogen-bond donors (Lipinski definition) is 1. The third-order valence-corrected chi connectivity index (χ3v) is 4.20. The number of nitrogens with zero attached hydrogens (tertiary/aromatic N) is 3. The highest BCUT2D eigenvalue weighted by molar-refractivity contribution is 5.25. The lowest BCUT2D eigenvalue weighted by molar-refractivity contribution is 0.315. The van der Waals surface area contributed by atoms with Gasteiger partial charge in [0.1, 0.15) is 0 Å². The molecule has 1 aliphatic heterocycles. The van der Waals surface area contributed by atoms with Crippen LogP contribution >= 0.6 is 0 Å². The van der Waals surface area contributed by atoms with E-state index < -0.39 is 0 Å². The van der Waals surface area contributed by atoms with Crippen molar-refractivity contribution in [2.75, 3.05) is 13.1 Å². The molecule has 0 spiro atoms. The van der Waals surface area contributed by atoms with E-state index in [0.717, 1.165) is 25.3 Å². The van der Waals surface area contributed by atoms with Gasteiger partial charge in [-0.1, -0.05) is 6.92 Å². The van der Waals surface area contributed by atoms with Crippen LogP contribution in [0.5, 0.6) is 0 Å². The predicted octanol–water partition coefficient (Wildman–Crippen LogP) is 2.03. The minimum absolute atomic E-state index is 0.0434. The van der Waals surface area contributed by atoms with E-state index in [-0.39, 0.29) is 5.54 Å². The minimum Gasteiger partial charge on any atom is -0.326 e. The Balaban J connectivity index is 2.20. The number of nitrogens with two attached hydrogens (primary N) is 1. The highest BCUT2D eigenvalue weighted by Crippen LogP contribution is 2.24. The Hall–Kier alpha value is -0.870. The molecule has 1 aliphatic rings. The predicted molar refractivity (Wildman–Crippen MR) is 79.1 cm³/mol. The van der Waals surface area contributed by atoms with E-state index >= 15 is 0 Å². The van der Waals surface area contributed by atoms with Gasteiger partial charge in [0, 0.05) is 36.9 Å². The van der Waals surface area contributed by atoms with E-state index in [0.29, 0.717) is 12.0 Å². The van der Waals surface area contributed by atoms with Crippen LogP contribution in [0.2, 0.25) is 0 Å². The van der Waals surface area contributed by atoms with Crippen molar-refractivity contribution in [1.82, 2.24) is 14.7 Å². The Kier molecular flexibility index (Phi) is 3.76. The molecular formula is C15H28N4. The summed E-state index contributed by atoms with van der Waals surface area (Å²) in [6.07, 6.45) is 0. The molecule has 4 heteroatoms. The largest absolute Gasteiger partial charge is 0.326 e. The molecule has 1 aromatic rings.